The predicted octanol–water partition coefficient (Wildman–Crippen LogP) is 0.0785. The molecule has 3 aliphatic rings. The van der Waals surface area contributed by atoms with Crippen LogP contribution in [0.25, 0.3) is 0 Å². The molecule has 1 aromatic carbocycles. The number of carbonyl (C=O) groups excluding carboxylic acids is 2. The Bertz CT molecular complexity index is 791. The molecule has 0 radical (unpaired) electrons. The summed E-state index contributed by atoms with van der Waals surface area (Å²) < 4.78 is 21.7. The summed E-state index contributed by atoms with van der Waals surface area (Å²) in [7, 11) is 0. The monoisotopic (exact) mass is 404 g/mol. The summed E-state index contributed by atoms with van der Waals surface area (Å²) in [5.41, 5.74) is 0.420. The first-order valence-electron chi connectivity index (χ1n) is 9.64. The lowest BCUT2D eigenvalue weighted by atomic mass is 10.0. The molecule has 0 aromatic heterocycles. The van der Waals surface area contributed by atoms with Gasteiger partial charge in [-0.3, -0.25) is 9.59 Å². The Morgan fingerprint density at radius 3 is 2.72 bits per heavy atom. The summed E-state index contributed by atoms with van der Waals surface area (Å²) in [4.78, 5) is 26.7. The maximum absolute atomic E-state index is 12.6. The van der Waals surface area contributed by atoms with Crippen LogP contribution in [0.15, 0.2) is 30.4 Å². The molecule has 3 atom stereocenters. The molecular formula is C20H24N2O7. The van der Waals surface area contributed by atoms with Crippen molar-refractivity contribution in [2.75, 3.05) is 39.7 Å². The van der Waals surface area contributed by atoms with Crippen LogP contribution < -0.4 is 14.8 Å². The van der Waals surface area contributed by atoms with Gasteiger partial charge in [-0.2, -0.15) is 0 Å². The Morgan fingerprint density at radius 2 is 1.93 bits per heavy atom. The van der Waals surface area contributed by atoms with Gasteiger partial charge < -0.3 is 34.3 Å². The second kappa shape index (κ2) is 8.81. The van der Waals surface area contributed by atoms with Crippen LogP contribution in [-0.2, 0) is 14.3 Å². The van der Waals surface area contributed by atoms with Crippen LogP contribution in [0.5, 0.6) is 11.5 Å². The average Bonchev–Trinajstić information content (AvgIpc) is 3.23. The number of hydrogen-bond acceptors (Lipinski definition) is 7. The number of carbonyl (C=O) groups is 2. The molecule has 29 heavy (non-hydrogen) atoms. The maximum Gasteiger partial charge on any atom is 0.251 e. The normalized spacial score (nSPS) is 25.7. The van der Waals surface area contributed by atoms with Gasteiger partial charge in [0.15, 0.2) is 11.5 Å². The van der Waals surface area contributed by atoms with Crippen molar-refractivity contribution in [1.82, 2.24) is 10.2 Å². The Morgan fingerprint density at radius 1 is 1.14 bits per heavy atom. The van der Waals surface area contributed by atoms with Crippen molar-refractivity contribution in [2.24, 2.45) is 0 Å². The van der Waals surface area contributed by atoms with E-state index in [0.717, 1.165) is 0 Å². The Balaban J connectivity index is 1.36. The number of benzene rings is 1. The Hall–Kier alpha value is -2.62. The standard InChI is InChI=1S/C20H24N2O7/c23-11-18-15(21-20(25)13-1-4-16-17(9-13)28-12-27-16)3-2-14(29-18)10-19(24)22-5-7-26-8-6-22/h1-4,9,14-15,18,23H,5-8,10-12H2,(H,21,25)/t14-,15+,18-/m0/s1. The second-order valence-corrected chi connectivity index (χ2v) is 7.05. The van der Waals surface area contributed by atoms with Crippen LogP contribution in [0, 0.1) is 0 Å². The maximum atomic E-state index is 12.6. The lowest BCUT2D eigenvalue weighted by molar-refractivity contribution is -0.139. The minimum absolute atomic E-state index is 0.0116. The van der Waals surface area contributed by atoms with Crippen molar-refractivity contribution in [2.45, 2.75) is 24.7 Å². The van der Waals surface area contributed by atoms with Gasteiger partial charge in [0.25, 0.3) is 5.91 Å². The van der Waals surface area contributed by atoms with Gasteiger partial charge >= 0.3 is 0 Å². The van der Waals surface area contributed by atoms with Crippen molar-refractivity contribution in [1.29, 1.82) is 0 Å². The third-order valence-corrected chi connectivity index (χ3v) is 5.14. The molecule has 9 heteroatoms. The van der Waals surface area contributed by atoms with E-state index in [0.29, 0.717) is 43.4 Å². The third kappa shape index (κ3) is 4.52. The SMILES string of the molecule is O=C(N[C@@H]1C=C[C@@H](CC(=O)N2CCOCC2)O[C@H]1CO)c1ccc2c(c1)OCO2. The van der Waals surface area contributed by atoms with Crippen LogP contribution in [0.3, 0.4) is 0 Å². The summed E-state index contributed by atoms with van der Waals surface area (Å²) >= 11 is 0. The molecule has 2 amide bonds. The van der Waals surface area contributed by atoms with Crippen molar-refractivity contribution >= 4 is 11.8 Å². The number of rotatable bonds is 5. The number of nitrogens with zero attached hydrogens (tertiary/aromatic N) is 1. The number of amides is 2. The van der Waals surface area contributed by atoms with Crippen molar-refractivity contribution in [3.05, 3.63) is 35.9 Å². The van der Waals surface area contributed by atoms with Gasteiger partial charge in [0.2, 0.25) is 12.7 Å². The molecule has 0 spiro atoms. The molecule has 4 rings (SSSR count). The summed E-state index contributed by atoms with van der Waals surface area (Å²) in [6.07, 6.45) is 2.64. The zero-order valence-electron chi connectivity index (χ0n) is 15.9. The fourth-order valence-electron chi connectivity index (χ4n) is 3.52. The Kier molecular flexibility index (Phi) is 5.98. The molecule has 156 valence electrons. The highest BCUT2D eigenvalue weighted by Gasteiger charge is 2.30. The lowest BCUT2D eigenvalue weighted by Crippen LogP contribution is -2.49. The summed E-state index contributed by atoms with van der Waals surface area (Å²) in [5, 5.41) is 12.6. The van der Waals surface area contributed by atoms with E-state index in [4.69, 9.17) is 18.9 Å². The molecule has 0 bridgehead atoms. The molecule has 1 fully saturated rings. The molecule has 3 heterocycles. The fourth-order valence-corrected chi connectivity index (χ4v) is 3.52. The van der Waals surface area contributed by atoms with E-state index >= 15 is 0 Å². The average molecular weight is 404 g/mol. The van der Waals surface area contributed by atoms with Gasteiger partial charge in [0.05, 0.1) is 38.4 Å². The molecule has 0 unspecified atom stereocenters. The fraction of sp³-hybridized carbons (Fsp3) is 0.500. The van der Waals surface area contributed by atoms with Crippen LogP contribution in [0.4, 0.5) is 0 Å². The van der Waals surface area contributed by atoms with Crippen molar-refractivity contribution in [3.8, 4) is 11.5 Å². The van der Waals surface area contributed by atoms with Gasteiger partial charge in [0, 0.05) is 18.7 Å². The molecule has 3 aliphatic heterocycles. The van der Waals surface area contributed by atoms with E-state index in [1.165, 1.54) is 0 Å². The van der Waals surface area contributed by atoms with Crippen LogP contribution in [0.1, 0.15) is 16.8 Å². The molecule has 0 saturated carbocycles. The number of fused-ring (bicyclic) bond motifs is 1. The number of nitrogens with one attached hydrogen (secondary N) is 1. The van der Waals surface area contributed by atoms with Gasteiger partial charge in [-0.15, -0.1) is 0 Å². The van der Waals surface area contributed by atoms with E-state index < -0.39 is 18.2 Å². The highest BCUT2D eigenvalue weighted by atomic mass is 16.7. The highest BCUT2D eigenvalue weighted by molar-refractivity contribution is 5.95. The molecule has 0 aliphatic carbocycles. The van der Waals surface area contributed by atoms with Crippen LogP contribution >= 0.6 is 0 Å². The largest absolute Gasteiger partial charge is 0.454 e. The van der Waals surface area contributed by atoms with E-state index in [1.54, 1.807) is 35.3 Å². The number of hydrogen-bond donors (Lipinski definition) is 2. The number of aliphatic hydroxyl groups is 1. The first-order valence-corrected chi connectivity index (χ1v) is 9.64. The minimum Gasteiger partial charge on any atom is -0.454 e. The molecule has 1 aromatic rings. The minimum atomic E-state index is -0.638. The molecular weight excluding hydrogens is 380 g/mol. The summed E-state index contributed by atoms with van der Waals surface area (Å²) in [6.45, 7) is 2.09. The lowest BCUT2D eigenvalue weighted by Gasteiger charge is -2.33. The quantitative estimate of drug-likeness (QED) is 0.670. The zero-order valence-corrected chi connectivity index (χ0v) is 15.9. The van der Waals surface area contributed by atoms with E-state index in [-0.39, 0.29) is 31.6 Å². The predicted molar refractivity (Wildman–Crippen MR) is 101 cm³/mol. The van der Waals surface area contributed by atoms with Gasteiger partial charge in [0.1, 0.15) is 6.10 Å². The summed E-state index contributed by atoms with van der Waals surface area (Å²) in [5.74, 6) is 0.794. The molecule has 9 nitrogen and oxygen atoms in total. The van der Waals surface area contributed by atoms with Gasteiger partial charge in [-0.1, -0.05) is 12.2 Å². The first-order chi connectivity index (χ1) is 14.1. The molecule has 1 saturated heterocycles. The van der Waals surface area contributed by atoms with Crippen LogP contribution in [0.2, 0.25) is 0 Å². The number of aliphatic hydroxyl groups excluding tert-OH is 1. The smallest absolute Gasteiger partial charge is 0.251 e. The number of ether oxygens (including phenoxy) is 4. The van der Waals surface area contributed by atoms with E-state index in [2.05, 4.69) is 5.32 Å². The first kappa shape index (κ1) is 19.7. The van der Waals surface area contributed by atoms with Crippen molar-refractivity contribution < 1.29 is 33.6 Å². The van der Waals surface area contributed by atoms with Crippen LogP contribution in [-0.4, -0.2) is 79.8 Å². The van der Waals surface area contributed by atoms with E-state index in [9.17, 15) is 14.7 Å². The second-order valence-electron chi connectivity index (χ2n) is 7.05. The highest BCUT2D eigenvalue weighted by Crippen LogP contribution is 2.32. The van der Waals surface area contributed by atoms with Gasteiger partial charge in [-0.05, 0) is 18.2 Å². The zero-order chi connectivity index (χ0) is 20.2. The summed E-state index contributed by atoms with van der Waals surface area (Å²) in [6, 6.07) is 4.44. The third-order valence-electron chi connectivity index (χ3n) is 5.14. The van der Waals surface area contributed by atoms with E-state index in [1.807, 2.05) is 0 Å². The van der Waals surface area contributed by atoms with Crippen molar-refractivity contribution in [3.63, 3.8) is 0 Å². The number of morpholine rings is 1. The molecule has 2 N–H and O–H groups in total. The van der Waals surface area contributed by atoms with Gasteiger partial charge in [-0.25, -0.2) is 0 Å². The topological polar surface area (TPSA) is 107 Å². The Labute approximate surface area is 168 Å².